The van der Waals surface area contributed by atoms with Crippen molar-refractivity contribution in [1.29, 1.82) is 0 Å². The highest BCUT2D eigenvalue weighted by atomic mass is 32.1. The average molecular weight is 472 g/mol. The lowest BCUT2D eigenvalue weighted by atomic mass is 9.85. The molecule has 3 rings (SSSR count). The summed E-state index contributed by atoms with van der Waals surface area (Å²) in [5, 5.41) is 13.4. The second-order valence-corrected chi connectivity index (χ2v) is 10.5. The first-order valence-corrected chi connectivity index (χ1v) is 12.0. The Bertz CT molecular complexity index is 1080. The Morgan fingerprint density at radius 2 is 1.91 bits per heavy atom. The minimum Gasteiger partial charge on any atom is -0.507 e. The van der Waals surface area contributed by atoms with Crippen molar-refractivity contribution in [2.45, 2.75) is 59.1 Å². The first kappa shape index (κ1) is 25.0. The average Bonchev–Trinajstić information content (AvgIpc) is 3.27. The van der Waals surface area contributed by atoms with Crippen LogP contribution in [0.5, 0.6) is 5.75 Å². The van der Waals surface area contributed by atoms with Crippen LogP contribution in [0.25, 0.3) is 5.76 Å². The first-order chi connectivity index (χ1) is 15.5. The Kier molecular flexibility index (Phi) is 7.34. The fourth-order valence-electron chi connectivity index (χ4n) is 3.94. The van der Waals surface area contributed by atoms with Crippen molar-refractivity contribution in [2.24, 2.45) is 0 Å². The van der Waals surface area contributed by atoms with E-state index in [9.17, 15) is 14.7 Å². The number of rotatable bonds is 7. The molecular weight excluding hydrogens is 438 g/mol. The first-order valence-electron chi connectivity index (χ1n) is 11.1. The molecule has 1 aromatic heterocycles. The molecule has 1 atom stereocenters. The third kappa shape index (κ3) is 4.99. The van der Waals surface area contributed by atoms with E-state index in [-0.39, 0.29) is 29.4 Å². The number of likely N-dealkylation sites (tertiary alicyclic amines) is 1. The molecule has 7 heteroatoms. The molecule has 1 saturated heterocycles. The third-order valence-electron chi connectivity index (χ3n) is 5.79. The maximum Gasteiger partial charge on any atom is 0.295 e. The Morgan fingerprint density at radius 3 is 2.45 bits per heavy atom. The summed E-state index contributed by atoms with van der Waals surface area (Å²) in [6.07, 6.45) is 0.00754. The molecule has 178 valence electrons. The monoisotopic (exact) mass is 471 g/mol. The van der Waals surface area contributed by atoms with Crippen LogP contribution < -0.4 is 4.74 Å². The summed E-state index contributed by atoms with van der Waals surface area (Å²) in [5.74, 6) is -1.11. The highest BCUT2D eigenvalue weighted by Crippen LogP contribution is 2.44. The highest BCUT2D eigenvalue weighted by Gasteiger charge is 2.47. The number of carbonyl (C=O) groups excluding carboxylic acids is 2. The molecule has 1 aliphatic rings. The smallest absolute Gasteiger partial charge is 0.295 e. The van der Waals surface area contributed by atoms with E-state index in [1.54, 1.807) is 6.07 Å². The molecule has 6 nitrogen and oxygen atoms in total. The van der Waals surface area contributed by atoms with E-state index in [1.165, 1.54) is 23.3 Å². The topological polar surface area (TPSA) is 76.1 Å². The zero-order chi connectivity index (χ0) is 24.5. The van der Waals surface area contributed by atoms with Crippen molar-refractivity contribution in [2.75, 3.05) is 20.3 Å². The Hall–Kier alpha value is -2.64. The summed E-state index contributed by atoms with van der Waals surface area (Å²) >= 11 is 1.46. The number of amides is 1. The summed E-state index contributed by atoms with van der Waals surface area (Å²) in [5.41, 5.74) is 2.25. The molecule has 0 spiro atoms. The van der Waals surface area contributed by atoms with E-state index >= 15 is 0 Å². The Balaban J connectivity index is 2.19. The van der Waals surface area contributed by atoms with E-state index in [2.05, 4.69) is 20.8 Å². The third-order valence-corrected chi connectivity index (χ3v) is 6.87. The van der Waals surface area contributed by atoms with E-state index in [1.807, 2.05) is 44.4 Å². The summed E-state index contributed by atoms with van der Waals surface area (Å²) in [6.45, 7) is 12.5. The maximum atomic E-state index is 13.2. The number of nitrogens with zero attached hydrogens (tertiary/aromatic N) is 1. The Morgan fingerprint density at radius 1 is 1.21 bits per heavy atom. The van der Waals surface area contributed by atoms with Gasteiger partial charge in [-0.3, -0.25) is 9.59 Å². The number of benzene rings is 1. The predicted octanol–water partition coefficient (Wildman–Crippen LogP) is 5.21. The molecule has 0 aliphatic carbocycles. The molecule has 1 aromatic carbocycles. The zero-order valence-electron chi connectivity index (χ0n) is 20.4. The van der Waals surface area contributed by atoms with Crippen molar-refractivity contribution < 1.29 is 24.2 Å². The van der Waals surface area contributed by atoms with Gasteiger partial charge in [-0.25, -0.2) is 0 Å². The summed E-state index contributed by atoms with van der Waals surface area (Å²) in [6, 6.07) is 6.84. The minimum atomic E-state index is -0.696. The van der Waals surface area contributed by atoms with Crippen LogP contribution in [0, 0.1) is 6.92 Å². The van der Waals surface area contributed by atoms with E-state index in [0.717, 1.165) is 16.0 Å². The molecule has 2 heterocycles. The van der Waals surface area contributed by atoms with Crippen molar-refractivity contribution in [3.8, 4) is 5.75 Å². The number of aryl methyl sites for hydroxylation is 1. The number of methoxy groups -OCH3 is 1. The molecule has 0 saturated carbocycles. The van der Waals surface area contributed by atoms with Gasteiger partial charge in [0.2, 0.25) is 0 Å². The maximum absolute atomic E-state index is 13.2. The number of thiophene rings is 1. The van der Waals surface area contributed by atoms with Crippen LogP contribution in [-0.4, -0.2) is 48.1 Å². The molecular formula is C26H33NO5S. The lowest BCUT2D eigenvalue weighted by molar-refractivity contribution is -0.140. The number of Topliss-reactive ketones (excluding diaryl/α,β-unsaturated/α-hetero) is 1. The van der Waals surface area contributed by atoms with Gasteiger partial charge in [-0.1, -0.05) is 26.8 Å². The fourth-order valence-corrected chi connectivity index (χ4v) is 4.99. The lowest BCUT2D eigenvalue weighted by Gasteiger charge is -2.25. The molecule has 1 fully saturated rings. The molecule has 0 radical (unpaired) electrons. The molecule has 2 aromatic rings. The lowest BCUT2D eigenvalue weighted by Crippen LogP contribution is -2.33. The van der Waals surface area contributed by atoms with Crippen LogP contribution in [0.15, 0.2) is 35.2 Å². The van der Waals surface area contributed by atoms with Crippen molar-refractivity contribution in [3.05, 3.63) is 56.8 Å². The number of aliphatic hydroxyl groups excluding tert-OH is 1. The Labute approximate surface area is 199 Å². The normalized spacial score (nSPS) is 18.4. The number of aliphatic hydroxyl groups is 1. The van der Waals surface area contributed by atoms with Crippen LogP contribution in [-0.2, 0) is 19.7 Å². The SMILES string of the molecule is COc1ccc(C(C)(C)C)cc1/C(O)=C1\C(=O)C(=O)N(CCOC(C)C)C1c1sccc1C. The van der Waals surface area contributed by atoms with Crippen LogP contribution in [0.4, 0.5) is 0 Å². The number of hydrogen-bond acceptors (Lipinski definition) is 6. The van der Waals surface area contributed by atoms with Crippen LogP contribution in [0.3, 0.4) is 0 Å². The van der Waals surface area contributed by atoms with Crippen molar-refractivity contribution in [3.63, 3.8) is 0 Å². The second kappa shape index (κ2) is 9.69. The second-order valence-electron chi connectivity index (χ2n) is 9.54. The molecule has 1 unspecified atom stereocenters. The van der Waals surface area contributed by atoms with Crippen LogP contribution >= 0.6 is 11.3 Å². The van der Waals surface area contributed by atoms with Gasteiger partial charge in [-0.05, 0) is 60.9 Å². The van der Waals surface area contributed by atoms with Gasteiger partial charge in [-0.15, -0.1) is 11.3 Å². The number of ether oxygens (including phenoxy) is 2. The van der Waals surface area contributed by atoms with E-state index < -0.39 is 17.7 Å². The summed E-state index contributed by atoms with van der Waals surface area (Å²) in [7, 11) is 1.52. The standard InChI is InChI=1S/C26H33NO5S/c1-15(2)32-12-11-27-21(24-16(3)10-13-33-24)20(23(29)25(27)30)22(28)18-14-17(26(4,5)6)8-9-19(18)31-7/h8-10,13-15,21,28H,11-12H2,1-7H3/b22-20+. The van der Waals surface area contributed by atoms with E-state index in [0.29, 0.717) is 17.9 Å². The van der Waals surface area contributed by atoms with Gasteiger partial charge < -0.3 is 19.5 Å². The molecule has 0 bridgehead atoms. The zero-order valence-corrected chi connectivity index (χ0v) is 21.2. The van der Waals surface area contributed by atoms with Gasteiger partial charge in [0.05, 0.1) is 37.0 Å². The number of carbonyl (C=O) groups is 2. The van der Waals surface area contributed by atoms with Crippen LogP contribution in [0.1, 0.15) is 62.2 Å². The van der Waals surface area contributed by atoms with Gasteiger partial charge in [0.15, 0.2) is 0 Å². The highest BCUT2D eigenvalue weighted by molar-refractivity contribution is 7.10. The van der Waals surface area contributed by atoms with Gasteiger partial charge in [0.25, 0.3) is 11.7 Å². The molecule has 1 aliphatic heterocycles. The van der Waals surface area contributed by atoms with Gasteiger partial charge in [0, 0.05) is 11.4 Å². The molecule has 33 heavy (non-hydrogen) atoms. The van der Waals surface area contributed by atoms with Crippen LogP contribution in [0.2, 0.25) is 0 Å². The van der Waals surface area contributed by atoms with Crippen molar-refractivity contribution in [1.82, 2.24) is 4.90 Å². The molecule has 1 N–H and O–H groups in total. The summed E-state index contributed by atoms with van der Waals surface area (Å²) < 4.78 is 11.2. The van der Waals surface area contributed by atoms with Crippen molar-refractivity contribution >= 4 is 28.8 Å². The molecule has 1 amide bonds. The minimum absolute atomic E-state index is 0.00754. The van der Waals surface area contributed by atoms with Gasteiger partial charge in [0.1, 0.15) is 11.5 Å². The fraction of sp³-hybridized carbons (Fsp3) is 0.462. The predicted molar refractivity (Wildman–Crippen MR) is 131 cm³/mol. The summed E-state index contributed by atoms with van der Waals surface area (Å²) in [4.78, 5) is 28.7. The number of ketones is 1. The quantitative estimate of drug-likeness (QED) is 0.341. The van der Waals surface area contributed by atoms with Gasteiger partial charge in [-0.2, -0.15) is 0 Å². The number of hydrogen-bond donors (Lipinski definition) is 1. The van der Waals surface area contributed by atoms with E-state index in [4.69, 9.17) is 9.47 Å². The van der Waals surface area contributed by atoms with Gasteiger partial charge >= 0.3 is 0 Å². The largest absolute Gasteiger partial charge is 0.507 e.